The van der Waals surface area contributed by atoms with Gasteiger partial charge in [0.2, 0.25) is 0 Å². The topological polar surface area (TPSA) is 62.7 Å². The molecule has 5 heteroatoms. The number of nitrogens with zero attached hydrogens (tertiary/aromatic N) is 2. The molecule has 1 aromatic heterocycles. The van der Waals surface area contributed by atoms with Gasteiger partial charge in [-0.25, -0.2) is 0 Å². The van der Waals surface area contributed by atoms with Gasteiger partial charge < -0.3 is 14.7 Å². The second kappa shape index (κ2) is 10.2. The number of aliphatic hydroxyl groups is 1. The van der Waals surface area contributed by atoms with Crippen LogP contribution in [-0.2, 0) is 16.9 Å². The lowest BCUT2D eigenvalue weighted by molar-refractivity contribution is -0.00225. The molecule has 2 heterocycles. The highest BCUT2D eigenvalue weighted by Crippen LogP contribution is 2.41. The van der Waals surface area contributed by atoms with Crippen LogP contribution < -0.4 is 0 Å². The van der Waals surface area contributed by atoms with Gasteiger partial charge in [0.1, 0.15) is 11.3 Å². The summed E-state index contributed by atoms with van der Waals surface area (Å²) in [6.07, 6.45) is 1.88. The fourth-order valence-corrected chi connectivity index (χ4v) is 4.90. The maximum Gasteiger partial charge on any atom is 0.272 e. The number of carbonyl (C=O) groups excluding carboxylic acids is 1. The van der Waals surface area contributed by atoms with E-state index in [-0.39, 0.29) is 12.0 Å². The molecule has 176 valence electrons. The molecule has 0 bridgehead atoms. The molecule has 1 fully saturated rings. The van der Waals surface area contributed by atoms with Crippen LogP contribution in [0, 0.1) is 0 Å². The Balaban J connectivity index is 1.53. The summed E-state index contributed by atoms with van der Waals surface area (Å²) in [6, 6.07) is 33.9. The first-order valence-electron chi connectivity index (χ1n) is 11.9. The van der Waals surface area contributed by atoms with Gasteiger partial charge in [0.15, 0.2) is 0 Å². The minimum absolute atomic E-state index is 0.216. The Morgan fingerprint density at radius 3 is 2.00 bits per heavy atom. The van der Waals surface area contributed by atoms with E-state index in [1.54, 1.807) is 29.3 Å². The first-order chi connectivity index (χ1) is 17.2. The van der Waals surface area contributed by atoms with Crippen LogP contribution in [0.25, 0.3) is 0 Å². The molecule has 1 aliphatic heterocycles. The predicted octanol–water partition coefficient (Wildman–Crippen LogP) is 4.82. The third-order valence-electron chi connectivity index (χ3n) is 6.65. The fraction of sp³-hybridized carbons (Fsp3) is 0.200. The summed E-state index contributed by atoms with van der Waals surface area (Å²) in [4.78, 5) is 19.7. The van der Waals surface area contributed by atoms with Gasteiger partial charge in [-0.15, -0.1) is 0 Å². The zero-order chi connectivity index (χ0) is 24.1. The molecule has 5 rings (SSSR count). The lowest BCUT2D eigenvalue weighted by atomic mass is 9.78. The van der Waals surface area contributed by atoms with Crippen molar-refractivity contribution in [3.05, 3.63) is 138 Å². The van der Waals surface area contributed by atoms with Gasteiger partial charge in [-0.05, 0) is 35.2 Å². The molecule has 0 spiro atoms. The second-order valence-corrected chi connectivity index (χ2v) is 8.84. The van der Waals surface area contributed by atoms with Crippen molar-refractivity contribution in [1.82, 2.24) is 9.88 Å². The van der Waals surface area contributed by atoms with E-state index in [0.717, 1.165) is 16.7 Å². The van der Waals surface area contributed by atoms with E-state index in [1.807, 2.05) is 91.0 Å². The van der Waals surface area contributed by atoms with Gasteiger partial charge in [-0.2, -0.15) is 0 Å². The van der Waals surface area contributed by atoms with E-state index >= 15 is 0 Å². The van der Waals surface area contributed by atoms with Gasteiger partial charge in [0.25, 0.3) is 5.91 Å². The van der Waals surface area contributed by atoms with Gasteiger partial charge in [0.05, 0.1) is 18.8 Å². The molecular formula is C30H28N2O3. The van der Waals surface area contributed by atoms with E-state index in [0.29, 0.717) is 25.3 Å². The predicted molar refractivity (Wildman–Crippen MR) is 135 cm³/mol. The fourth-order valence-electron chi connectivity index (χ4n) is 4.90. The van der Waals surface area contributed by atoms with Crippen LogP contribution in [-0.4, -0.2) is 39.6 Å². The zero-order valence-corrected chi connectivity index (χ0v) is 19.4. The van der Waals surface area contributed by atoms with Crippen LogP contribution in [0.4, 0.5) is 0 Å². The summed E-state index contributed by atoms with van der Waals surface area (Å²) in [5, 5.41) is 12.5. The van der Waals surface area contributed by atoms with Crippen molar-refractivity contribution in [2.45, 2.75) is 30.8 Å². The molecule has 0 unspecified atom stereocenters. The normalized spacial score (nSPS) is 17.9. The molecule has 35 heavy (non-hydrogen) atoms. The monoisotopic (exact) mass is 464 g/mol. The molecule has 0 aliphatic carbocycles. The first-order valence-corrected chi connectivity index (χ1v) is 11.9. The molecule has 0 saturated carbocycles. The van der Waals surface area contributed by atoms with Crippen LogP contribution in [0.5, 0.6) is 0 Å². The van der Waals surface area contributed by atoms with Crippen molar-refractivity contribution >= 4 is 5.91 Å². The summed E-state index contributed by atoms with van der Waals surface area (Å²) in [6.45, 7) is 0.813. The smallest absolute Gasteiger partial charge is 0.272 e. The Bertz CT molecular complexity index is 1190. The minimum Gasteiger partial charge on any atom is -0.378 e. The van der Waals surface area contributed by atoms with Crippen molar-refractivity contribution in [3.63, 3.8) is 0 Å². The third kappa shape index (κ3) is 4.74. The Kier molecular flexibility index (Phi) is 6.70. The highest BCUT2D eigenvalue weighted by molar-refractivity contribution is 5.93. The van der Waals surface area contributed by atoms with Crippen LogP contribution in [0.3, 0.4) is 0 Å². The number of ether oxygens (including phenoxy) is 1. The van der Waals surface area contributed by atoms with E-state index in [2.05, 4.69) is 4.98 Å². The lowest BCUT2D eigenvalue weighted by Crippen LogP contribution is -2.50. The summed E-state index contributed by atoms with van der Waals surface area (Å²) in [7, 11) is 0. The SMILES string of the molecule is O=C(c1ccccn1)N1C[C@H](OCc2ccccc2)C[C@H]1C(O)(c1ccccc1)c1ccccc1. The molecule has 0 radical (unpaired) electrons. The molecule has 1 aliphatic rings. The van der Waals surface area contributed by atoms with Crippen molar-refractivity contribution < 1.29 is 14.6 Å². The number of benzene rings is 3. The molecular weight excluding hydrogens is 436 g/mol. The van der Waals surface area contributed by atoms with Crippen molar-refractivity contribution in [3.8, 4) is 0 Å². The Hall–Kier alpha value is -3.80. The van der Waals surface area contributed by atoms with Crippen molar-refractivity contribution in [2.75, 3.05) is 6.54 Å². The maximum atomic E-state index is 13.7. The first kappa shape index (κ1) is 23.0. The summed E-state index contributed by atoms with van der Waals surface area (Å²) >= 11 is 0. The second-order valence-electron chi connectivity index (χ2n) is 8.84. The maximum absolute atomic E-state index is 13.7. The zero-order valence-electron chi connectivity index (χ0n) is 19.4. The molecule has 2 atom stereocenters. The van der Waals surface area contributed by atoms with E-state index < -0.39 is 11.6 Å². The molecule has 1 N–H and O–H groups in total. The summed E-state index contributed by atoms with van der Waals surface area (Å²) < 4.78 is 6.28. The number of rotatable bonds is 7. The summed E-state index contributed by atoms with van der Waals surface area (Å²) in [5.74, 6) is -0.216. The standard InChI is InChI=1S/C30H28N2O3/c33-29(27-18-10-11-19-31-27)32-21-26(35-22-23-12-4-1-5-13-23)20-28(32)30(34,24-14-6-2-7-15-24)25-16-8-3-9-17-25/h1-19,26,28,34H,20-22H2/t26-,28+/m1/s1. The highest BCUT2D eigenvalue weighted by Gasteiger charge is 2.50. The van der Waals surface area contributed by atoms with Gasteiger partial charge in [-0.3, -0.25) is 9.78 Å². The largest absolute Gasteiger partial charge is 0.378 e. The van der Waals surface area contributed by atoms with Crippen LogP contribution in [0.1, 0.15) is 33.6 Å². The average Bonchev–Trinajstić information content (AvgIpc) is 3.38. The number of carbonyl (C=O) groups is 1. The van der Waals surface area contributed by atoms with E-state index in [1.165, 1.54) is 0 Å². The Morgan fingerprint density at radius 2 is 1.43 bits per heavy atom. The van der Waals surface area contributed by atoms with Crippen LogP contribution in [0.2, 0.25) is 0 Å². The Labute approximate surface area is 205 Å². The van der Waals surface area contributed by atoms with Gasteiger partial charge in [-0.1, -0.05) is 97.1 Å². The highest BCUT2D eigenvalue weighted by atomic mass is 16.5. The quantitative estimate of drug-likeness (QED) is 0.426. The molecule has 3 aromatic carbocycles. The minimum atomic E-state index is -1.42. The number of pyridine rings is 1. The van der Waals surface area contributed by atoms with Crippen molar-refractivity contribution in [1.29, 1.82) is 0 Å². The van der Waals surface area contributed by atoms with E-state index in [4.69, 9.17) is 4.74 Å². The van der Waals surface area contributed by atoms with E-state index in [9.17, 15) is 9.90 Å². The molecule has 1 saturated heterocycles. The number of aromatic nitrogens is 1. The van der Waals surface area contributed by atoms with Crippen molar-refractivity contribution in [2.24, 2.45) is 0 Å². The number of hydrogen-bond acceptors (Lipinski definition) is 4. The summed E-state index contributed by atoms with van der Waals surface area (Å²) in [5.41, 5.74) is 1.47. The average molecular weight is 465 g/mol. The van der Waals surface area contributed by atoms with Gasteiger partial charge >= 0.3 is 0 Å². The number of hydrogen-bond donors (Lipinski definition) is 1. The lowest BCUT2D eigenvalue weighted by Gasteiger charge is -2.39. The van der Waals surface area contributed by atoms with Crippen LogP contribution >= 0.6 is 0 Å². The molecule has 4 aromatic rings. The number of likely N-dealkylation sites (tertiary alicyclic amines) is 1. The number of amides is 1. The Morgan fingerprint density at radius 1 is 0.857 bits per heavy atom. The third-order valence-corrected chi connectivity index (χ3v) is 6.65. The van der Waals surface area contributed by atoms with Crippen LogP contribution in [0.15, 0.2) is 115 Å². The van der Waals surface area contributed by atoms with Gasteiger partial charge in [0, 0.05) is 12.7 Å². The molecule has 5 nitrogen and oxygen atoms in total. The molecule has 1 amide bonds.